The molecule has 0 saturated carbocycles. The normalized spacial score (nSPS) is 10.8. The maximum Gasteiger partial charge on any atom is 0.142 e. The predicted molar refractivity (Wildman–Crippen MR) is 72.6 cm³/mol. The molecule has 0 spiro atoms. The molecule has 0 aliphatic heterocycles. The van der Waals surface area contributed by atoms with Crippen LogP contribution in [0, 0.1) is 0 Å². The van der Waals surface area contributed by atoms with Crippen LogP contribution >= 0.6 is 11.3 Å². The molecule has 0 aliphatic rings. The Morgan fingerprint density at radius 3 is 2.65 bits per heavy atom. The summed E-state index contributed by atoms with van der Waals surface area (Å²) >= 11 is 1.56. The minimum Gasteiger partial charge on any atom is -0.496 e. The lowest BCUT2D eigenvalue weighted by Crippen LogP contribution is -1.95. The highest BCUT2D eigenvalue weighted by molar-refractivity contribution is 7.13. The highest BCUT2D eigenvalue weighted by Gasteiger charge is 2.11. The van der Waals surface area contributed by atoms with Gasteiger partial charge in [0.25, 0.3) is 0 Å². The Balaban J connectivity index is 2.51. The first-order chi connectivity index (χ1) is 8.13. The maximum absolute atomic E-state index is 5.84. The second kappa shape index (κ2) is 4.75. The SMILES string of the molecule is COc1ccc(-c2scnc2N)cc1C(C)C. The van der Waals surface area contributed by atoms with Crippen molar-refractivity contribution < 1.29 is 4.74 Å². The van der Waals surface area contributed by atoms with Crippen LogP contribution in [0.5, 0.6) is 5.75 Å². The average molecular weight is 248 g/mol. The number of nitrogen functional groups attached to an aromatic ring is 1. The number of nitrogens with zero attached hydrogens (tertiary/aromatic N) is 1. The number of methoxy groups -OCH3 is 1. The van der Waals surface area contributed by atoms with Crippen molar-refractivity contribution in [3.63, 3.8) is 0 Å². The van der Waals surface area contributed by atoms with E-state index in [9.17, 15) is 0 Å². The summed E-state index contributed by atoms with van der Waals surface area (Å²) in [6.07, 6.45) is 0. The first-order valence-electron chi connectivity index (χ1n) is 5.50. The Labute approximate surface area is 105 Å². The molecule has 0 fully saturated rings. The second-order valence-electron chi connectivity index (χ2n) is 4.18. The minimum atomic E-state index is 0.416. The molecular weight excluding hydrogens is 232 g/mol. The summed E-state index contributed by atoms with van der Waals surface area (Å²) in [6, 6.07) is 6.14. The van der Waals surface area contributed by atoms with E-state index >= 15 is 0 Å². The van der Waals surface area contributed by atoms with Gasteiger partial charge in [0, 0.05) is 0 Å². The van der Waals surface area contributed by atoms with Crippen LogP contribution in [0.25, 0.3) is 10.4 Å². The van der Waals surface area contributed by atoms with Gasteiger partial charge in [0.05, 0.1) is 17.5 Å². The molecule has 0 aliphatic carbocycles. The Bertz CT molecular complexity index is 520. The number of anilines is 1. The minimum absolute atomic E-state index is 0.416. The largest absolute Gasteiger partial charge is 0.496 e. The molecule has 0 amide bonds. The lowest BCUT2D eigenvalue weighted by Gasteiger charge is -2.13. The van der Waals surface area contributed by atoms with E-state index in [4.69, 9.17) is 10.5 Å². The highest BCUT2D eigenvalue weighted by Crippen LogP contribution is 2.35. The zero-order valence-electron chi connectivity index (χ0n) is 10.2. The van der Waals surface area contributed by atoms with Crippen molar-refractivity contribution >= 4 is 17.2 Å². The van der Waals surface area contributed by atoms with Gasteiger partial charge in [-0.1, -0.05) is 13.8 Å². The van der Waals surface area contributed by atoms with Crippen LogP contribution in [-0.2, 0) is 0 Å². The Morgan fingerprint density at radius 2 is 2.12 bits per heavy atom. The molecule has 4 heteroatoms. The molecule has 0 saturated heterocycles. The molecule has 3 nitrogen and oxygen atoms in total. The van der Waals surface area contributed by atoms with Gasteiger partial charge in [-0.2, -0.15) is 0 Å². The van der Waals surface area contributed by atoms with E-state index < -0.39 is 0 Å². The first-order valence-corrected chi connectivity index (χ1v) is 6.38. The molecule has 1 heterocycles. The third kappa shape index (κ3) is 2.26. The first kappa shape index (κ1) is 11.9. The molecule has 0 bridgehead atoms. The maximum atomic E-state index is 5.84. The van der Waals surface area contributed by atoms with Crippen LogP contribution in [0.15, 0.2) is 23.7 Å². The molecule has 1 aromatic carbocycles. The molecule has 2 aromatic rings. The third-order valence-corrected chi connectivity index (χ3v) is 3.60. The summed E-state index contributed by atoms with van der Waals surface area (Å²) in [7, 11) is 1.70. The van der Waals surface area contributed by atoms with Crippen LogP contribution in [0.3, 0.4) is 0 Å². The van der Waals surface area contributed by atoms with Crippen LogP contribution in [0.1, 0.15) is 25.3 Å². The Hall–Kier alpha value is -1.55. The number of thiazole rings is 1. The van der Waals surface area contributed by atoms with E-state index in [0.29, 0.717) is 11.7 Å². The lowest BCUT2D eigenvalue weighted by atomic mass is 9.99. The quantitative estimate of drug-likeness (QED) is 0.904. The summed E-state index contributed by atoms with van der Waals surface area (Å²) in [5.41, 5.74) is 9.90. The molecule has 0 atom stereocenters. The number of ether oxygens (including phenoxy) is 1. The second-order valence-corrected chi connectivity index (χ2v) is 5.03. The summed E-state index contributed by atoms with van der Waals surface area (Å²) < 4.78 is 5.37. The number of hydrogen-bond donors (Lipinski definition) is 1. The van der Waals surface area contributed by atoms with E-state index in [2.05, 4.69) is 24.9 Å². The van der Waals surface area contributed by atoms with E-state index in [1.54, 1.807) is 24.0 Å². The lowest BCUT2D eigenvalue weighted by molar-refractivity contribution is 0.407. The van der Waals surface area contributed by atoms with Crippen molar-refractivity contribution in [2.45, 2.75) is 19.8 Å². The topological polar surface area (TPSA) is 48.1 Å². The van der Waals surface area contributed by atoms with Crippen LogP contribution in [-0.4, -0.2) is 12.1 Å². The van der Waals surface area contributed by atoms with Crippen LogP contribution in [0.4, 0.5) is 5.82 Å². The van der Waals surface area contributed by atoms with Gasteiger partial charge in [0.1, 0.15) is 11.6 Å². The number of rotatable bonds is 3. The fraction of sp³-hybridized carbons (Fsp3) is 0.308. The summed E-state index contributed by atoms with van der Waals surface area (Å²) in [4.78, 5) is 5.10. The summed E-state index contributed by atoms with van der Waals surface area (Å²) in [5, 5.41) is 0. The van der Waals surface area contributed by atoms with Crippen molar-refractivity contribution in [2.75, 3.05) is 12.8 Å². The number of hydrogen-bond acceptors (Lipinski definition) is 4. The van der Waals surface area contributed by atoms with E-state index in [0.717, 1.165) is 16.2 Å². The molecule has 1 aromatic heterocycles. The van der Waals surface area contributed by atoms with Gasteiger partial charge in [-0.15, -0.1) is 11.3 Å². The Kier molecular flexibility index (Phi) is 3.33. The average Bonchev–Trinajstić information content (AvgIpc) is 2.74. The van der Waals surface area contributed by atoms with Gasteiger partial charge in [-0.25, -0.2) is 4.98 Å². The molecule has 2 N–H and O–H groups in total. The van der Waals surface area contributed by atoms with Gasteiger partial charge in [0.2, 0.25) is 0 Å². The van der Waals surface area contributed by atoms with E-state index in [1.807, 2.05) is 12.1 Å². The van der Waals surface area contributed by atoms with Crippen molar-refractivity contribution in [3.8, 4) is 16.2 Å². The standard InChI is InChI=1S/C13H16N2OS/c1-8(2)10-6-9(4-5-11(10)16-3)12-13(14)15-7-17-12/h4-8H,14H2,1-3H3. The van der Waals surface area contributed by atoms with Crippen LogP contribution < -0.4 is 10.5 Å². The summed E-state index contributed by atoms with van der Waals surface area (Å²) in [6.45, 7) is 4.30. The fourth-order valence-corrected chi connectivity index (χ4v) is 2.51. The van der Waals surface area contributed by atoms with Gasteiger partial charge < -0.3 is 10.5 Å². The van der Waals surface area contributed by atoms with Crippen molar-refractivity contribution in [2.24, 2.45) is 0 Å². The van der Waals surface area contributed by atoms with Gasteiger partial charge in [-0.05, 0) is 35.2 Å². The van der Waals surface area contributed by atoms with Gasteiger partial charge in [-0.3, -0.25) is 0 Å². The van der Waals surface area contributed by atoms with Crippen molar-refractivity contribution in [1.29, 1.82) is 0 Å². The summed E-state index contributed by atoms with van der Waals surface area (Å²) in [5.74, 6) is 1.93. The number of nitrogens with two attached hydrogens (primary N) is 1. The zero-order chi connectivity index (χ0) is 12.4. The molecular formula is C13H16N2OS. The molecule has 17 heavy (non-hydrogen) atoms. The van der Waals surface area contributed by atoms with E-state index in [1.165, 1.54) is 5.56 Å². The van der Waals surface area contributed by atoms with Crippen molar-refractivity contribution in [3.05, 3.63) is 29.3 Å². The molecule has 0 unspecified atom stereocenters. The zero-order valence-corrected chi connectivity index (χ0v) is 11.0. The predicted octanol–water partition coefficient (Wildman–Crippen LogP) is 3.52. The molecule has 2 rings (SSSR count). The highest BCUT2D eigenvalue weighted by atomic mass is 32.1. The number of aromatic nitrogens is 1. The van der Waals surface area contributed by atoms with Crippen LogP contribution in [0.2, 0.25) is 0 Å². The smallest absolute Gasteiger partial charge is 0.142 e. The Morgan fingerprint density at radius 1 is 1.35 bits per heavy atom. The molecule has 0 radical (unpaired) electrons. The fourth-order valence-electron chi connectivity index (χ4n) is 1.80. The van der Waals surface area contributed by atoms with Gasteiger partial charge in [0.15, 0.2) is 0 Å². The third-order valence-electron chi connectivity index (χ3n) is 2.71. The van der Waals surface area contributed by atoms with Gasteiger partial charge >= 0.3 is 0 Å². The monoisotopic (exact) mass is 248 g/mol. The van der Waals surface area contributed by atoms with E-state index in [-0.39, 0.29) is 0 Å². The number of benzene rings is 1. The molecule has 90 valence electrons. The van der Waals surface area contributed by atoms with Crippen molar-refractivity contribution in [1.82, 2.24) is 4.98 Å².